The summed E-state index contributed by atoms with van der Waals surface area (Å²) in [5, 5.41) is 18.9. The minimum absolute atomic E-state index is 0.389. The molecule has 0 fully saturated rings. The van der Waals surface area contributed by atoms with Crippen LogP contribution in [0, 0.1) is 22.7 Å². The highest BCUT2D eigenvalue weighted by atomic mass is 32.2. The Balaban J connectivity index is 3.15. The van der Waals surface area contributed by atoms with Gasteiger partial charge >= 0.3 is 0 Å². The summed E-state index contributed by atoms with van der Waals surface area (Å²) < 4.78 is 0. The lowest BCUT2D eigenvalue weighted by Crippen LogP contribution is -1.89. The van der Waals surface area contributed by atoms with Gasteiger partial charge in [-0.15, -0.1) is 0 Å². The summed E-state index contributed by atoms with van der Waals surface area (Å²) in [4.78, 5) is 0.431. The molecule has 11 heavy (non-hydrogen) atoms. The van der Waals surface area contributed by atoms with E-state index in [1.54, 1.807) is 11.5 Å². The number of nitrogens with zero attached hydrogens (tertiary/aromatic N) is 2. The SMILES string of the molecule is C=C1C=CSC(C#N)=C1C#N. The predicted molar refractivity (Wildman–Crippen MR) is 44.1 cm³/mol. The van der Waals surface area contributed by atoms with Crippen LogP contribution < -0.4 is 0 Å². The second-order valence-corrected chi connectivity index (χ2v) is 2.79. The van der Waals surface area contributed by atoms with Gasteiger partial charge in [-0.1, -0.05) is 18.3 Å². The van der Waals surface area contributed by atoms with Gasteiger partial charge in [-0.3, -0.25) is 0 Å². The summed E-state index contributed by atoms with van der Waals surface area (Å²) >= 11 is 1.25. The molecule has 1 heterocycles. The summed E-state index contributed by atoms with van der Waals surface area (Å²) in [6, 6.07) is 3.88. The van der Waals surface area contributed by atoms with E-state index in [2.05, 4.69) is 6.58 Å². The van der Waals surface area contributed by atoms with Crippen molar-refractivity contribution < 1.29 is 0 Å². The maximum atomic E-state index is 8.60. The van der Waals surface area contributed by atoms with Gasteiger partial charge < -0.3 is 0 Å². The molecule has 0 radical (unpaired) electrons. The van der Waals surface area contributed by atoms with Crippen molar-refractivity contribution in [1.29, 1.82) is 10.5 Å². The second-order valence-electron chi connectivity index (χ2n) is 1.87. The van der Waals surface area contributed by atoms with Crippen LogP contribution in [0.3, 0.4) is 0 Å². The van der Waals surface area contributed by atoms with Gasteiger partial charge in [-0.2, -0.15) is 10.5 Å². The van der Waals surface area contributed by atoms with Crippen LogP contribution >= 0.6 is 11.8 Å². The second kappa shape index (κ2) is 3.09. The molecular formula is C8H4N2S. The Morgan fingerprint density at radius 1 is 1.36 bits per heavy atom. The fourth-order valence-corrected chi connectivity index (χ4v) is 1.39. The fraction of sp³-hybridized carbons (Fsp3) is 0. The van der Waals surface area contributed by atoms with Gasteiger partial charge in [-0.05, 0) is 17.1 Å². The number of allylic oxidation sites excluding steroid dienone is 4. The van der Waals surface area contributed by atoms with Crippen LogP contribution in [0.5, 0.6) is 0 Å². The Hall–Kier alpha value is -1.45. The summed E-state index contributed by atoms with van der Waals surface area (Å²) in [7, 11) is 0. The maximum Gasteiger partial charge on any atom is 0.108 e. The van der Waals surface area contributed by atoms with E-state index in [0.717, 1.165) is 0 Å². The van der Waals surface area contributed by atoms with Crippen LogP contribution in [0.15, 0.2) is 34.1 Å². The average molecular weight is 160 g/mol. The molecule has 1 rings (SSSR count). The average Bonchev–Trinajstić information content (AvgIpc) is 2.04. The molecule has 52 valence electrons. The molecular weight excluding hydrogens is 156 g/mol. The third kappa shape index (κ3) is 1.34. The Labute approximate surface area is 69.1 Å². The smallest absolute Gasteiger partial charge is 0.108 e. The van der Waals surface area contributed by atoms with Crippen molar-refractivity contribution in [3.8, 4) is 12.1 Å². The zero-order valence-corrected chi connectivity index (χ0v) is 6.48. The molecule has 0 N–H and O–H groups in total. The third-order valence-corrected chi connectivity index (χ3v) is 2.02. The number of hydrogen-bond donors (Lipinski definition) is 0. The maximum absolute atomic E-state index is 8.60. The monoisotopic (exact) mass is 160 g/mol. The van der Waals surface area contributed by atoms with Crippen LogP contribution in [0.2, 0.25) is 0 Å². The van der Waals surface area contributed by atoms with E-state index in [-0.39, 0.29) is 0 Å². The van der Waals surface area contributed by atoms with Crippen LogP contribution in [-0.2, 0) is 0 Å². The predicted octanol–water partition coefficient (Wildman–Crippen LogP) is 2.10. The molecule has 0 aliphatic carbocycles. The first kappa shape index (κ1) is 7.65. The van der Waals surface area contributed by atoms with E-state index in [4.69, 9.17) is 10.5 Å². The highest BCUT2D eigenvalue weighted by Gasteiger charge is 2.11. The lowest BCUT2D eigenvalue weighted by atomic mass is 10.1. The van der Waals surface area contributed by atoms with E-state index in [1.165, 1.54) is 11.8 Å². The minimum atomic E-state index is 0.389. The molecule has 0 saturated carbocycles. The molecule has 0 saturated heterocycles. The fourth-order valence-electron chi connectivity index (χ4n) is 0.677. The summed E-state index contributed by atoms with van der Waals surface area (Å²) in [6.07, 6.45) is 1.73. The lowest BCUT2D eigenvalue weighted by molar-refractivity contribution is 1.44. The van der Waals surface area contributed by atoms with Gasteiger partial charge in [0.05, 0.1) is 5.57 Å². The Morgan fingerprint density at radius 2 is 2.09 bits per heavy atom. The van der Waals surface area contributed by atoms with Gasteiger partial charge in [0.15, 0.2) is 0 Å². The number of nitriles is 2. The minimum Gasteiger partial charge on any atom is -0.192 e. The molecule has 0 spiro atoms. The zero-order chi connectivity index (χ0) is 8.27. The molecule has 0 atom stereocenters. The molecule has 0 aromatic heterocycles. The van der Waals surface area contributed by atoms with Crippen LogP contribution in [0.25, 0.3) is 0 Å². The van der Waals surface area contributed by atoms with E-state index in [0.29, 0.717) is 16.1 Å². The molecule has 3 heteroatoms. The zero-order valence-electron chi connectivity index (χ0n) is 5.66. The Kier molecular flexibility index (Phi) is 2.15. The summed E-state index contributed by atoms with van der Waals surface area (Å²) in [5.41, 5.74) is 1.00. The van der Waals surface area contributed by atoms with Crippen molar-refractivity contribution in [3.05, 3.63) is 34.1 Å². The molecule has 1 aliphatic rings. The highest BCUT2D eigenvalue weighted by molar-refractivity contribution is 8.06. The Bertz CT molecular complexity index is 336. The topological polar surface area (TPSA) is 47.6 Å². The third-order valence-electron chi connectivity index (χ3n) is 1.22. The molecule has 1 aliphatic heterocycles. The van der Waals surface area contributed by atoms with Crippen molar-refractivity contribution in [2.24, 2.45) is 0 Å². The molecule has 0 amide bonds. The first-order valence-electron chi connectivity index (χ1n) is 2.86. The quantitative estimate of drug-likeness (QED) is 0.545. The molecule has 0 unspecified atom stereocenters. The number of thioether (sulfide) groups is 1. The van der Waals surface area contributed by atoms with Crippen LogP contribution in [0.1, 0.15) is 0 Å². The van der Waals surface area contributed by atoms with Crippen molar-refractivity contribution in [3.63, 3.8) is 0 Å². The molecule has 0 aromatic carbocycles. The van der Waals surface area contributed by atoms with Gasteiger partial charge in [0.1, 0.15) is 17.0 Å². The van der Waals surface area contributed by atoms with Crippen molar-refractivity contribution in [1.82, 2.24) is 0 Å². The Morgan fingerprint density at radius 3 is 2.55 bits per heavy atom. The van der Waals surface area contributed by atoms with Crippen LogP contribution in [-0.4, -0.2) is 0 Å². The van der Waals surface area contributed by atoms with E-state index in [1.807, 2.05) is 12.1 Å². The van der Waals surface area contributed by atoms with Crippen LogP contribution in [0.4, 0.5) is 0 Å². The van der Waals surface area contributed by atoms with Gasteiger partial charge in [0.2, 0.25) is 0 Å². The number of rotatable bonds is 0. The van der Waals surface area contributed by atoms with Crippen molar-refractivity contribution in [2.75, 3.05) is 0 Å². The van der Waals surface area contributed by atoms with Gasteiger partial charge in [-0.25, -0.2) is 0 Å². The molecule has 0 bridgehead atoms. The first-order valence-corrected chi connectivity index (χ1v) is 3.74. The van der Waals surface area contributed by atoms with Crippen molar-refractivity contribution in [2.45, 2.75) is 0 Å². The lowest BCUT2D eigenvalue weighted by Gasteiger charge is -2.04. The van der Waals surface area contributed by atoms with Gasteiger partial charge in [0.25, 0.3) is 0 Å². The summed E-state index contributed by atoms with van der Waals surface area (Å²) in [6.45, 7) is 3.63. The first-order chi connectivity index (χ1) is 5.29. The standard InChI is InChI=1S/C8H4N2S/c1-6-2-3-11-8(5-10)7(6)4-9/h2-3H,1H2. The van der Waals surface area contributed by atoms with Gasteiger partial charge in [0, 0.05) is 0 Å². The van der Waals surface area contributed by atoms with E-state index in [9.17, 15) is 0 Å². The normalized spacial score (nSPS) is 16.0. The summed E-state index contributed by atoms with van der Waals surface area (Å²) in [5.74, 6) is 0. The molecule has 2 nitrogen and oxygen atoms in total. The molecule has 0 aromatic rings. The van der Waals surface area contributed by atoms with E-state index < -0.39 is 0 Å². The van der Waals surface area contributed by atoms with Crippen molar-refractivity contribution >= 4 is 11.8 Å². The van der Waals surface area contributed by atoms with E-state index >= 15 is 0 Å². The highest BCUT2D eigenvalue weighted by Crippen LogP contribution is 2.29. The number of hydrogen-bond acceptors (Lipinski definition) is 3. The largest absolute Gasteiger partial charge is 0.192 e.